The average Bonchev–Trinajstić information content (AvgIpc) is 2.58. The molecule has 0 fully saturated rings. The first kappa shape index (κ1) is 22.6. The van der Waals surface area contributed by atoms with Gasteiger partial charge in [0.15, 0.2) is 0 Å². The lowest BCUT2D eigenvalue weighted by Gasteiger charge is -2.31. The lowest BCUT2D eigenvalue weighted by Crippen LogP contribution is -2.52. The third kappa shape index (κ3) is 7.00. The van der Waals surface area contributed by atoms with Crippen LogP contribution in [0.1, 0.15) is 49.9 Å². The first-order chi connectivity index (χ1) is 13.4. The van der Waals surface area contributed by atoms with Gasteiger partial charge in [0.1, 0.15) is 11.9 Å². The highest BCUT2D eigenvalue weighted by molar-refractivity contribution is 5.88. The van der Waals surface area contributed by atoms with E-state index in [1.54, 1.807) is 24.0 Å². The van der Waals surface area contributed by atoms with E-state index in [-0.39, 0.29) is 30.6 Å². The number of halogens is 1. The van der Waals surface area contributed by atoms with Gasteiger partial charge in [-0.15, -0.1) is 0 Å². The maximum atomic E-state index is 13.3. The summed E-state index contributed by atoms with van der Waals surface area (Å²) in [4.78, 5) is 27.5. The highest BCUT2D eigenvalue weighted by Crippen LogP contribution is 2.16. The molecule has 0 radical (unpaired) electrons. The van der Waals surface area contributed by atoms with Crippen molar-refractivity contribution in [3.8, 4) is 0 Å². The molecule has 29 heavy (non-hydrogen) atoms. The Labute approximate surface area is 173 Å². The number of hydrogen-bond donors (Lipinski definition) is 1. The van der Waals surface area contributed by atoms with Crippen molar-refractivity contribution in [1.29, 1.82) is 0 Å². The Morgan fingerprint density at radius 2 is 1.55 bits per heavy atom. The van der Waals surface area contributed by atoms with E-state index in [0.29, 0.717) is 0 Å². The molecule has 5 heteroatoms. The molecule has 2 amide bonds. The fraction of sp³-hybridized carbons (Fsp3) is 0.417. The summed E-state index contributed by atoms with van der Waals surface area (Å²) < 4.78 is 13.3. The van der Waals surface area contributed by atoms with Gasteiger partial charge in [0.2, 0.25) is 11.8 Å². The normalized spacial score (nSPS) is 12.4. The van der Waals surface area contributed by atoms with E-state index in [0.717, 1.165) is 22.3 Å². The van der Waals surface area contributed by atoms with E-state index in [2.05, 4.69) is 11.4 Å². The average molecular weight is 399 g/mol. The number of nitrogens with one attached hydrogen (secondary N) is 1. The Hall–Kier alpha value is -2.69. The monoisotopic (exact) mass is 398 g/mol. The molecular weight excluding hydrogens is 367 g/mol. The lowest BCUT2D eigenvalue weighted by atomic mass is 10.0. The first-order valence-electron chi connectivity index (χ1n) is 9.88. The van der Waals surface area contributed by atoms with E-state index in [1.165, 1.54) is 12.1 Å². The number of rotatable bonds is 6. The third-order valence-corrected chi connectivity index (χ3v) is 4.57. The topological polar surface area (TPSA) is 49.4 Å². The van der Waals surface area contributed by atoms with Gasteiger partial charge in [0.05, 0.1) is 6.42 Å². The van der Waals surface area contributed by atoms with Gasteiger partial charge in [-0.3, -0.25) is 9.59 Å². The molecule has 1 atom stereocenters. The van der Waals surface area contributed by atoms with E-state index < -0.39 is 11.6 Å². The van der Waals surface area contributed by atoms with Crippen molar-refractivity contribution in [3.05, 3.63) is 70.5 Å². The summed E-state index contributed by atoms with van der Waals surface area (Å²) in [6.45, 7) is 11.7. The van der Waals surface area contributed by atoms with Crippen molar-refractivity contribution in [2.24, 2.45) is 0 Å². The molecule has 0 saturated carbocycles. The van der Waals surface area contributed by atoms with Crippen LogP contribution in [0.25, 0.3) is 0 Å². The van der Waals surface area contributed by atoms with Gasteiger partial charge in [-0.1, -0.05) is 41.5 Å². The maximum Gasteiger partial charge on any atom is 0.242 e. The molecule has 156 valence electrons. The summed E-state index contributed by atoms with van der Waals surface area (Å²) >= 11 is 0. The molecular formula is C24H31FN2O2. The Balaban J connectivity index is 2.27. The molecule has 0 aliphatic rings. The zero-order chi connectivity index (χ0) is 21.8. The molecule has 1 N–H and O–H groups in total. The molecule has 2 rings (SSSR count). The van der Waals surface area contributed by atoms with Crippen molar-refractivity contribution in [1.82, 2.24) is 10.2 Å². The van der Waals surface area contributed by atoms with E-state index in [1.807, 2.05) is 46.8 Å². The van der Waals surface area contributed by atoms with Crippen LogP contribution in [-0.2, 0) is 22.6 Å². The van der Waals surface area contributed by atoms with E-state index in [9.17, 15) is 14.0 Å². The summed E-state index contributed by atoms with van der Waals surface area (Å²) in [5.41, 5.74) is 3.48. The van der Waals surface area contributed by atoms with Gasteiger partial charge < -0.3 is 10.2 Å². The highest BCUT2D eigenvalue weighted by atomic mass is 19.1. The van der Waals surface area contributed by atoms with Gasteiger partial charge in [-0.2, -0.15) is 0 Å². The van der Waals surface area contributed by atoms with Crippen molar-refractivity contribution >= 4 is 11.8 Å². The Morgan fingerprint density at radius 3 is 2.07 bits per heavy atom. The predicted molar refractivity (Wildman–Crippen MR) is 114 cm³/mol. The minimum Gasteiger partial charge on any atom is -0.350 e. The van der Waals surface area contributed by atoms with Crippen molar-refractivity contribution in [3.63, 3.8) is 0 Å². The SMILES string of the molecule is Cc1cc(C)cc(CC(=O)N(Cc2ccc(F)cc2)C(C)C(=O)NC(C)(C)C)c1. The Kier molecular flexibility index (Phi) is 7.17. The minimum atomic E-state index is -0.655. The fourth-order valence-electron chi connectivity index (χ4n) is 3.29. The van der Waals surface area contributed by atoms with Crippen LogP contribution in [0.5, 0.6) is 0 Å². The summed E-state index contributed by atoms with van der Waals surface area (Å²) in [5.74, 6) is -0.690. The Bertz CT molecular complexity index is 849. The van der Waals surface area contributed by atoms with Crippen molar-refractivity contribution in [2.45, 2.75) is 66.1 Å². The molecule has 0 aromatic heterocycles. The van der Waals surface area contributed by atoms with E-state index in [4.69, 9.17) is 0 Å². The second kappa shape index (κ2) is 9.21. The molecule has 0 bridgehead atoms. The van der Waals surface area contributed by atoms with Gasteiger partial charge in [-0.05, 0) is 64.8 Å². The number of hydrogen-bond acceptors (Lipinski definition) is 2. The molecule has 2 aromatic carbocycles. The summed E-state index contributed by atoms with van der Waals surface area (Å²) in [6, 6.07) is 11.4. The maximum absolute atomic E-state index is 13.3. The number of carbonyl (C=O) groups excluding carboxylic acids is 2. The molecule has 4 nitrogen and oxygen atoms in total. The van der Waals surface area contributed by atoms with Gasteiger partial charge in [0, 0.05) is 12.1 Å². The quantitative estimate of drug-likeness (QED) is 0.788. The third-order valence-electron chi connectivity index (χ3n) is 4.57. The van der Waals surface area contributed by atoms with Crippen LogP contribution in [-0.4, -0.2) is 28.3 Å². The van der Waals surface area contributed by atoms with Crippen LogP contribution >= 0.6 is 0 Å². The summed E-state index contributed by atoms with van der Waals surface area (Å²) in [5, 5.41) is 2.94. The zero-order valence-corrected chi connectivity index (χ0v) is 18.2. The Morgan fingerprint density at radius 1 is 1.00 bits per heavy atom. The molecule has 0 aliphatic carbocycles. The smallest absolute Gasteiger partial charge is 0.242 e. The summed E-state index contributed by atoms with van der Waals surface area (Å²) in [7, 11) is 0. The summed E-state index contributed by atoms with van der Waals surface area (Å²) in [6.07, 6.45) is 0.205. The van der Waals surface area contributed by atoms with Gasteiger partial charge in [0.25, 0.3) is 0 Å². The standard InChI is InChI=1S/C24H31FN2O2/c1-16-11-17(2)13-20(12-16)14-22(28)27(15-19-7-9-21(25)10-8-19)18(3)23(29)26-24(4,5)6/h7-13,18H,14-15H2,1-6H3,(H,26,29). The number of nitrogens with zero attached hydrogens (tertiary/aromatic N) is 1. The van der Waals surface area contributed by atoms with Gasteiger partial charge in [-0.25, -0.2) is 4.39 Å². The van der Waals surface area contributed by atoms with Crippen LogP contribution in [0.2, 0.25) is 0 Å². The minimum absolute atomic E-state index is 0.143. The molecule has 2 aromatic rings. The van der Waals surface area contributed by atoms with Crippen LogP contribution < -0.4 is 5.32 Å². The number of amides is 2. The van der Waals surface area contributed by atoms with Crippen LogP contribution in [0.15, 0.2) is 42.5 Å². The molecule has 0 saturated heterocycles. The molecule has 0 aliphatic heterocycles. The fourth-order valence-corrected chi connectivity index (χ4v) is 3.29. The molecule has 0 spiro atoms. The number of carbonyl (C=O) groups is 2. The first-order valence-corrected chi connectivity index (χ1v) is 9.88. The predicted octanol–water partition coefficient (Wildman–Crippen LogP) is 4.32. The van der Waals surface area contributed by atoms with Crippen molar-refractivity contribution < 1.29 is 14.0 Å². The molecule has 0 heterocycles. The second-order valence-electron chi connectivity index (χ2n) is 8.74. The van der Waals surface area contributed by atoms with Gasteiger partial charge >= 0.3 is 0 Å². The molecule has 1 unspecified atom stereocenters. The highest BCUT2D eigenvalue weighted by Gasteiger charge is 2.28. The second-order valence-corrected chi connectivity index (χ2v) is 8.74. The number of benzene rings is 2. The van der Waals surface area contributed by atoms with Crippen molar-refractivity contribution in [2.75, 3.05) is 0 Å². The van der Waals surface area contributed by atoms with Crippen LogP contribution in [0, 0.1) is 19.7 Å². The van der Waals surface area contributed by atoms with Crippen LogP contribution in [0.4, 0.5) is 4.39 Å². The zero-order valence-electron chi connectivity index (χ0n) is 18.2. The lowest BCUT2D eigenvalue weighted by molar-refractivity contribution is -0.140. The van der Waals surface area contributed by atoms with E-state index >= 15 is 0 Å². The largest absolute Gasteiger partial charge is 0.350 e. The number of aryl methyl sites for hydroxylation is 2. The van der Waals surface area contributed by atoms with Crippen LogP contribution in [0.3, 0.4) is 0 Å².